The van der Waals surface area contributed by atoms with E-state index in [1.807, 2.05) is 0 Å². The summed E-state index contributed by atoms with van der Waals surface area (Å²) in [6.45, 7) is -0.891. The van der Waals surface area contributed by atoms with Crippen molar-refractivity contribution in [3.05, 3.63) is 64.7 Å². The summed E-state index contributed by atoms with van der Waals surface area (Å²) in [6, 6.07) is 7.28. The fraction of sp³-hybridized carbons (Fsp3) is 0.409. The highest BCUT2D eigenvalue weighted by atomic mass is 35.5. The maximum absolute atomic E-state index is 13.2. The molecule has 2 bridgehead atoms. The minimum atomic E-state index is -4.22. The largest absolute Gasteiger partial charge is 0.401 e. The predicted molar refractivity (Wildman–Crippen MR) is 103 cm³/mol. The Morgan fingerprint density at radius 3 is 2.34 bits per heavy atom. The van der Waals surface area contributed by atoms with Crippen LogP contribution < -0.4 is 0 Å². The first-order valence-electron chi connectivity index (χ1n) is 9.46. The third-order valence-electron chi connectivity index (χ3n) is 5.85. The van der Waals surface area contributed by atoms with Crippen molar-refractivity contribution in [1.29, 1.82) is 0 Å². The van der Waals surface area contributed by atoms with E-state index in [0.29, 0.717) is 36.3 Å². The number of halogens is 5. The summed E-state index contributed by atoms with van der Waals surface area (Å²) in [5, 5.41) is 0.468. The Labute approximate surface area is 171 Å². The molecular weight excluding hydrogens is 404 g/mol. The molecular formula is C22H19ClF4N2. The molecule has 2 aliphatic heterocycles. The highest BCUT2D eigenvalue weighted by molar-refractivity contribution is 6.30. The SMILES string of the molecule is Fc1ccc(C#CC2(c3cncc(Cl)c3)CC3CCC(C2)N3CC(F)(F)F)cc1. The van der Waals surface area contributed by atoms with Crippen molar-refractivity contribution in [2.75, 3.05) is 6.54 Å². The summed E-state index contributed by atoms with van der Waals surface area (Å²) < 4.78 is 52.4. The second-order valence-electron chi connectivity index (χ2n) is 7.81. The quantitative estimate of drug-likeness (QED) is 0.479. The van der Waals surface area contributed by atoms with Gasteiger partial charge in [0.2, 0.25) is 0 Å². The van der Waals surface area contributed by atoms with Gasteiger partial charge in [0, 0.05) is 30.0 Å². The number of hydrogen-bond acceptors (Lipinski definition) is 2. The van der Waals surface area contributed by atoms with Gasteiger partial charge in [-0.1, -0.05) is 23.4 Å². The number of rotatable bonds is 2. The van der Waals surface area contributed by atoms with Crippen molar-refractivity contribution in [1.82, 2.24) is 9.88 Å². The van der Waals surface area contributed by atoms with Crippen molar-refractivity contribution in [3.63, 3.8) is 0 Å². The topological polar surface area (TPSA) is 16.1 Å². The molecule has 2 saturated heterocycles. The number of pyridine rings is 1. The van der Waals surface area contributed by atoms with Crippen molar-refractivity contribution in [2.24, 2.45) is 0 Å². The molecule has 4 rings (SSSR count). The second kappa shape index (κ2) is 7.62. The van der Waals surface area contributed by atoms with Crippen LogP contribution in [0, 0.1) is 17.7 Å². The molecule has 2 nitrogen and oxygen atoms in total. The van der Waals surface area contributed by atoms with E-state index < -0.39 is 18.1 Å². The Morgan fingerprint density at radius 2 is 1.76 bits per heavy atom. The van der Waals surface area contributed by atoms with E-state index in [0.717, 1.165) is 5.56 Å². The van der Waals surface area contributed by atoms with Crippen molar-refractivity contribution >= 4 is 11.6 Å². The molecule has 0 radical (unpaired) electrons. The zero-order valence-electron chi connectivity index (χ0n) is 15.5. The van der Waals surface area contributed by atoms with Crippen LogP contribution in [-0.4, -0.2) is 34.7 Å². The first-order chi connectivity index (χ1) is 13.7. The predicted octanol–water partition coefficient (Wildman–Crippen LogP) is 5.35. The maximum atomic E-state index is 13.2. The number of benzene rings is 1. The number of fused-ring (bicyclic) bond motifs is 2. The molecule has 0 N–H and O–H groups in total. The standard InChI is InChI=1S/C22H19ClF4N2/c23-17-9-16(12-28-13-17)21(8-7-15-1-3-18(24)4-2-15)10-19-5-6-20(11-21)29(19)14-22(25,26)27/h1-4,9,12-13,19-20H,5-6,10-11,14H2. The molecule has 29 heavy (non-hydrogen) atoms. The molecule has 0 aliphatic carbocycles. The molecule has 0 spiro atoms. The third-order valence-corrected chi connectivity index (χ3v) is 6.06. The van der Waals surface area contributed by atoms with Gasteiger partial charge in [-0.2, -0.15) is 13.2 Å². The number of aromatic nitrogens is 1. The monoisotopic (exact) mass is 422 g/mol. The van der Waals surface area contributed by atoms with E-state index >= 15 is 0 Å². The summed E-state index contributed by atoms with van der Waals surface area (Å²) in [5.74, 6) is 6.08. The lowest BCUT2D eigenvalue weighted by atomic mass is 9.70. The Morgan fingerprint density at radius 1 is 1.10 bits per heavy atom. The van der Waals surface area contributed by atoms with Gasteiger partial charge in [-0.3, -0.25) is 9.88 Å². The summed E-state index contributed by atoms with van der Waals surface area (Å²) in [7, 11) is 0. The van der Waals surface area contributed by atoms with Gasteiger partial charge in [0.05, 0.1) is 17.0 Å². The molecule has 2 aromatic rings. The van der Waals surface area contributed by atoms with Gasteiger partial charge in [-0.25, -0.2) is 4.39 Å². The zero-order valence-corrected chi connectivity index (χ0v) is 16.3. The van der Waals surface area contributed by atoms with Crippen molar-refractivity contribution in [3.8, 4) is 11.8 Å². The lowest BCUT2D eigenvalue weighted by molar-refractivity contribution is -0.156. The smallest absolute Gasteiger partial charge is 0.289 e. The number of nitrogens with zero attached hydrogens (tertiary/aromatic N) is 2. The van der Waals surface area contributed by atoms with Crippen molar-refractivity contribution in [2.45, 2.75) is 49.4 Å². The highest BCUT2D eigenvalue weighted by Gasteiger charge is 2.51. The molecule has 1 aromatic heterocycles. The van der Waals surface area contributed by atoms with Gasteiger partial charge >= 0.3 is 6.18 Å². The Bertz CT molecular complexity index is 932. The minimum absolute atomic E-state index is 0.197. The summed E-state index contributed by atoms with van der Waals surface area (Å²) in [4.78, 5) is 5.76. The number of alkyl halides is 3. The van der Waals surface area contributed by atoms with E-state index in [-0.39, 0.29) is 17.9 Å². The number of hydrogen-bond donors (Lipinski definition) is 0. The van der Waals surface area contributed by atoms with E-state index in [2.05, 4.69) is 16.8 Å². The molecule has 2 unspecified atom stereocenters. The van der Waals surface area contributed by atoms with Gasteiger partial charge in [-0.05, 0) is 61.6 Å². The van der Waals surface area contributed by atoms with Crippen LogP contribution in [0.2, 0.25) is 5.02 Å². The average Bonchev–Trinajstić information content (AvgIpc) is 2.89. The van der Waals surface area contributed by atoms with E-state index in [9.17, 15) is 17.6 Å². The van der Waals surface area contributed by atoms with Crippen LogP contribution in [0.4, 0.5) is 17.6 Å². The summed E-state index contributed by atoms with van der Waals surface area (Å²) in [5.41, 5.74) is 0.842. The lowest BCUT2D eigenvalue weighted by Crippen LogP contribution is -2.52. The van der Waals surface area contributed by atoms with Crippen LogP contribution in [0.5, 0.6) is 0 Å². The average molecular weight is 423 g/mol. The van der Waals surface area contributed by atoms with Crippen molar-refractivity contribution < 1.29 is 17.6 Å². The molecule has 0 amide bonds. The number of piperidine rings is 1. The third kappa shape index (κ3) is 4.41. The van der Waals surface area contributed by atoms with Crippen LogP contribution in [0.3, 0.4) is 0 Å². The highest BCUT2D eigenvalue weighted by Crippen LogP contribution is 2.48. The molecule has 1 aromatic carbocycles. The molecule has 2 aliphatic rings. The van der Waals surface area contributed by atoms with Crippen LogP contribution in [0.25, 0.3) is 0 Å². The Hall–Kier alpha value is -2.10. The first-order valence-corrected chi connectivity index (χ1v) is 9.84. The van der Waals surface area contributed by atoms with E-state index in [4.69, 9.17) is 11.6 Å². The van der Waals surface area contributed by atoms with E-state index in [1.54, 1.807) is 29.3 Å². The molecule has 2 atom stereocenters. The molecule has 3 heterocycles. The van der Waals surface area contributed by atoms with Gasteiger partial charge < -0.3 is 0 Å². The van der Waals surface area contributed by atoms with Crippen LogP contribution in [-0.2, 0) is 5.41 Å². The fourth-order valence-electron chi connectivity index (χ4n) is 4.61. The molecule has 152 valence electrons. The lowest BCUT2D eigenvalue weighted by Gasteiger charge is -2.44. The molecule has 2 fully saturated rings. The van der Waals surface area contributed by atoms with Gasteiger partial charge in [0.25, 0.3) is 0 Å². The fourth-order valence-corrected chi connectivity index (χ4v) is 4.79. The Kier molecular flexibility index (Phi) is 5.30. The minimum Gasteiger partial charge on any atom is -0.289 e. The van der Waals surface area contributed by atoms with Crippen LogP contribution >= 0.6 is 11.6 Å². The summed E-state index contributed by atoms with van der Waals surface area (Å²) >= 11 is 6.15. The maximum Gasteiger partial charge on any atom is 0.401 e. The van der Waals surface area contributed by atoms with E-state index in [1.165, 1.54) is 18.3 Å². The van der Waals surface area contributed by atoms with Gasteiger partial charge in [-0.15, -0.1) is 0 Å². The van der Waals surface area contributed by atoms with Crippen LogP contribution in [0.15, 0.2) is 42.7 Å². The molecule has 0 saturated carbocycles. The summed E-state index contributed by atoms with van der Waals surface area (Å²) in [6.07, 6.45) is 1.40. The molecule has 7 heteroatoms. The Balaban J connectivity index is 1.71. The van der Waals surface area contributed by atoms with Gasteiger partial charge in [0.1, 0.15) is 5.82 Å². The first kappa shape index (κ1) is 20.2. The van der Waals surface area contributed by atoms with Crippen LogP contribution in [0.1, 0.15) is 36.8 Å². The van der Waals surface area contributed by atoms with Gasteiger partial charge in [0.15, 0.2) is 0 Å². The second-order valence-corrected chi connectivity index (χ2v) is 8.25. The zero-order chi connectivity index (χ0) is 20.6. The normalized spacial score (nSPS) is 26.8.